The van der Waals surface area contributed by atoms with Gasteiger partial charge < -0.3 is 25.0 Å². The third-order valence-corrected chi connectivity index (χ3v) is 4.84. The maximum atomic E-state index is 11.4. The van der Waals surface area contributed by atoms with Gasteiger partial charge in [0.2, 0.25) is 0 Å². The Hall–Kier alpha value is -2.48. The molecule has 0 aliphatic carbocycles. The molecule has 2 aromatic rings. The van der Waals surface area contributed by atoms with Crippen LogP contribution in [0.2, 0.25) is 0 Å². The van der Waals surface area contributed by atoms with E-state index in [1.807, 2.05) is 6.92 Å². The number of hydrogen-bond donors (Lipinski definition) is 1. The van der Waals surface area contributed by atoms with E-state index in [2.05, 4.69) is 45.9 Å². The maximum Gasteiger partial charge on any atom is 0.182 e. The van der Waals surface area contributed by atoms with Gasteiger partial charge in [-0.15, -0.1) is 0 Å². The first kappa shape index (κ1) is 21.8. The molecule has 8 heteroatoms. The summed E-state index contributed by atoms with van der Waals surface area (Å²) in [4.78, 5) is 28.2. The number of nitrogens with one attached hydrogen (secondary N) is 1. The Kier molecular flexibility index (Phi) is 7.92. The lowest BCUT2D eigenvalue weighted by Gasteiger charge is -2.24. The van der Waals surface area contributed by atoms with Crippen LogP contribution in [0.5, 0.6) is 0 Å². The summed E-state index contributed by atoms with van der Waals surface area (Å²) >= 11 is 0. The van der Waals surface area contributed by atoms with Gasteiger partial charge in [0, 0.05) is 24.8 Å². The van der Waals surface area contributed by atoms with Gasteiger partial charge in [-0.2, -0.15) is 0 Å². The van der Waals surface area contributed by atoms with Gasteiger partial charge in [0.15, 0.2) is 5.65 Å². The number of carboxylic acid groups (broad SMARTS) is 1. The highest BCUT2D eigenvalue weighted by Gasteiger charge is 2.15. The van der Waals surface area contributed by atoms with Crippen molar-refractivity contribution < 1.29 is 9.90 Å². The number of fused-ring (bicyclic) bond motifs is 1. The van der Waals surface area contributed by atoms with E-state index in [0.717, 1.165) is 48.8 Å². The molecule has 2 aromatic heterocycles. The van der Waals surface area contributed by atoms with Crippen molar-refractivity contribution in [3.63, 3.8) is 0 Å². The van der Waals surface area contributed by atoms with E-state index in [0.29, 0.717) is 17.0 Å². The minimum atomic E-state index is -1.28. The highest BCUT2D eigenvalue weighted by Crippen LogP contribution is 2.26. The van der Waals surface area contributed by atoms with E-state index >= 15 is 0 Å². The number of nitrogens with zero attached hydrogens (tertiary/aromatic N) is 5. The first-order valence-electron chi connectivity index (χ1n) is 10.0. The Morgan fingerprint density at radius 3 is 2.54 bits per heavy atom. The molecule has 154 valence electrons. The fourth-order valence-corrected chi connectivity index (χ4v) is 3.20. The predicted octanol–water partition coefficient (Wildman–Crippen LogP) is 2.43. The fraction of sp³-hybridized carbons (Fsp3) is 0.600. The van der Waals surface area contributed by atoms with E-state index in [1.165, 1.54) is 0 Å². The second-order valence-electron chi connectivity index (χ2n) is 6.94. The summed E-state index contributed by atoms with van der Waals surface area (Å²) in [5.41, 5.74) is 2.53. The number of hydrogen-bond acceptors (Lipinski definition) is 7. The molecule has 0 bridgehead atoms. The third-order valence-electron chi connectivity index (χ3n) is 4.84. The molecule has 0 aliphatic heterocycles. The van der Waals surface area contributed by atoms with Gasteiger partial charge >= 0.3 is 0 Å². The quantitative estimate of drug-likeness (QED) is 0.668. The number of aryl methyl sites for hydroxylation is 1. The van der Waals surface area contributed by atoms with Crippen LogP contribution < -0.4 is 15.3 Å². The van der Waals surface area contributed by atoms with Gasteiger partial charge in [0.1, 0.15) is 17.4 Å². The summed E-state index contributed by atoms with van der Waals surface area (Å²) in [5, 5.41) is 14.9. The minimum absolute atomic E-state index is 0.204. The Morgan fingerprint density at radius 2 is 1.93 bits per heavy atom. The summed E-state index contributed by atoms with van der Waals surface area (Å²) < 4.78 is 0. The molecule has 0 spiro atoms. The zero-order valence-corrected chi connectivity index (χ0v) is 17.5. The number of pyridine rings is 1. The van der Waals surface area contributed by atoms with Crippen molar-refractivity contribution >= 4 is 28.8 Å². The van der Waals surface area contributed by atoms with Crippen LogP contribution in [0.15, 0.2) is 12.3 Å². The second-order valence-corrected chi connectivity index (χ2v) is 6.94. The zero-order valence-electron chi connectivity index (χ0n) is 17.5. The molecular weight excluding hydrogens is 356 g/mol. The SMILES string of the molecule is CCN(CC)CCCC(C)Nc1cc(N(CC)C(=O)[O-])nc2nc(C)cnc12. The summed E-state index contributed by atoms with van der Waals surface area (Å²) in [6, 6.07) is 1.92. The lowest BCUT2D eigenvalue weighted by molar-refractivity contribution is -0.246. The molecule has 2 heterocycles. The number of rotatable bonds is 10. The normalized spacial score (nSPS) is 12.4. The van der Waals surface area contributed by atoms with Crippen LogP contribution >= 0.6 is 0 Å². The van der Waals surface area contributed by atoms with Crippen LogP contribution in [0, 0.1) is 6.92 Å². The smallest absolute Gasteiger partial charge is 0.182 e. The van der Waals surface area contributed by atoms with Crippen LogP contribution in [-0.2, 0) is 0 Å². The van der Waals surface area contributed by atoms with Crippen LogP contribution in [-0.4, -0.2) is 58.2 Å². The lowest BCUT2D eigenvalue weighted by atomic mass is 10.1. The lowest BCUT2D eigenvalue weighted by Crippen LogP contribution is -2.41. The van der Waals surface area contributed by atoms with E-state index in [9.17, 15) is 9.90 Å². The number of carbonyl (C=O) groups excluding carboxylic acids is 1. The molecule has 0 fully saturated rings. The first-order valence-corrected chi connectivity index (χ1v) is 10.0. The monoisotopic (exact) mass is 387 g/mol. The number of amides is 1. The van der Waals surface area contributed by atoms with Crippen molar-refractivity contribution in [3.8, 4) is 0 Å². The summed E-state index contributed by atoms with van der Waals surface area (Å²) in [5.74, 6) is 0.299. The van der Waals surface area contributed by atoms with Crippen molar-refractivity contribution in [2.75, 3.05) is 36.4 Å². The average molecular weight is 388 g/mol. The first-order chi connectivity index (χ1) is 13.4. The largest absolute Gasteiger partial charge is 0.530 e. The van der Waals surface area contributed by atoms with Crippen LogP contribution in [0.25, 0.3) is 11.2 Å². The third kappa shape index (κ3) is 5.51. The van der Waals surface area contributed by atoms with Crippen LogP contribution in [0.3, 0.4) is 0 Å². The molecule has 0 saturated heterocycles. The Balaban J connectivity index is 2.25. The molecule has 2 rings (SSSR count). The van der Waals surface area contributed by atoms with Crippen molar-refractivity contribution in [3.05, 3.63) is 18.0 Å². The summed E-state index contributed by atoms with van der Waals surface area (Å²) in [7, 11) is 0. The second kappa shape index (κ2) is 10.2. The van der Waals surface area contributed by atoms with Crippen LogP contribution in [0.1, 0.15) is 46.2 Å². The van der Waals surface area contributed by atoms with Gasteiger partial charge in [-0.1, -0.05) is 13.8 Å². The van der Waals surface area contributed by atoms with E-state index < -0.39 is 6.09 Å². The highest BCUT2D eigenvalue weighted by atomic mass is 16.4. The fourth-order valence-electron chi connectivity index (χ4n) is 3.20. The molecule has 0 radical (unpaired) electrons. The van der Waals surface area contributed by atoms with Gasteiger partial charge in [-0.25, -0.2) is 15.0 Å². The molecule has 1 atom stereocenters. The predicted molar refractivity (Wildman–Crippen MR) is 111 cm³/mol. The highest BCUT2D eigenvalue weighted by molar-refractivity contribution is 5.91. The van der Waals surface area contributed by atoms with Crippen molar-refractivity contribution in [2.24, 2.45) is 0 Å². The van der Waals surface area contributed by atoms with Crippen LogP contribution in [0.4, 0.5) is 16.3 Å². The minimum Gasteiger partial charge on any atom is -0.530 e. The van der Waals surface area contributed by atoms with E-state index in [4.69, 9.17) is 0 Å². The van der Waals surface area contributed by atoms with Gasteiger partial charge in [-0.05, 0) is 53.2 Å². The summed E-state index contributed by atoms with van der Waals surface area (Å²) in [6.45, 7) is 13.5. The molecule has 0 aliphatic rings. The van der Waals surface area contributed by atoms with E-state index in [1.54, 1.807) is 19.2 Å². The number of carbonyl (C=O) groups is 1. The summed E-state index contributed by atoms with van der Waals surface area (Å²) in [6.07, 6.45) is 2.48. The average Bonchev–Trinajstić information content (AvgIpc) is 2.65. The van der Waals surface area contributed by atoms with Gasteiger partial charge in [0.25, 0.3) is 0 Å². The molecule has 0 aromatic carbocycles. The molecular formula is C20H31N6O2-. The van der Waals surface area contributed by atoms with Crippen molar-refractivity contribution in [2.45, 2.75) is 53.5 Å². The molecule has 1 unspecified atom stereocenters. The molecule has 8 nitrogen and oxygen atoms in total. The maximum absolute atomic E-state index is 11.4. The number of aromatic nitrogens is 3. The van der Waals surface area contributed by atoms with Crippen molar-refractivity contribution in [1.82, 2.24) is 19.9 Å². The standard InChI is InChI=1S/C20H32N6O2/c1-6-25(7-2)11-9-10-14(4)22-16-12-17(26(8-3)20(27)28)24-19-18(16)21-13-15(5)23-19/h12-14H,6-11H2,1-5H3,(H,27,28)(H,22,23,24)/p-1. The molecule has 0 saturated carbocycles. The molecule has 28 heavy (non-hydrogen) atoms. The number of anilines is 2. The van der Waals surface area contributed by atoms with Crippen molar-refractivity contribution in [1.29, 1.82) is 0 Å². The Labute approximate surface area is 167 Å². The Bertz CT molecular complexity index is 794. The molecule has 1 amide bonds. The topological polar surface area (TPSA) is 97.3 Å². The van der Waals surface area contributed by atoms with Gasteiger partial charge in [-0.3, -0.25) is 0 Å². The zero-order chi connectivity index (χ0) is 20.7. The van der Waals surface area contributed by atoms with E-state index in [-0.39, 0.29) is 12.6 Å². The molecule has 1 N–H and O–H groups in total. The van der Waals surface area contributed by atoms with Gasteiger partial charge in [0.05, 0.1) is 11.4 Å². The Morgan fingerprint density at radius 1 is 1.21 bits per heavy atom.